The van der Waals surface area contributed by atoms with Crippen molar-refractivity contribution >= 4 is 44.5 Å². The van der Waals surface area contributed by atoms with Crippen molar-refractivity contribution in [2.24, 2.45) is 0 Å². The van der Waals surface area contributed by atoms with Gasteiger partial charge in [0.05, 0.1) is 16.1 Å². The van der Waals surface area contributed by atoms with E-state index >= 15 is 0 Å². The summed E-state index contributed by atoms with van der Waals surface area (Å²) < 4.78 is 42.1. The van der Waals surface area contributed by atoms with Crippen LogP contribution in [0.2, 0.25) is 0 Å². The number of likely N-dealkylation sites (N-methyl/N-ethyl adjacent to an activating group) is 1. The second-order valence-electron chi connectivity index (χ2n) is 10.1. The van der Waals surface area contributed by atoms with E-state index in [1.54, 1.807) is 37.4 Å². The molecule has 3 aromatic rings. The van der Waals surface area contributed by atoms with Crippen LogP contribution < -0.4 is 20.3 Å². The maximum atomic E-state index is 14.9. The highest BCUT2D eigenvalue weighted by molar-refractivity contribution is 7.94. The van der Waals surface area contributed by atoms with Gasteiger partial charge in [-0.25, -0.2) is 17.8 Å². The summed E-state index contributed by atoms with van der Waals surface area (Å²) in [6.07, 6.45) is 3.00. The number of anilines is 6. The van der Waals surface area contributed by atoms with Gasteiger partial charge in [-0.05, 0) is 70.1 Å². The van der Waals surface area contributed by atoms with Gasteiger partial charge in [-0.15, -0.1) is 0 Å². The van der Waals surface area contributed by atoms with Crippen LogP contribution >= 0.6 is 0 Å². The molecular formula is C26H32FN7O2S. The van der Waals surface area contributed by atoms with Crippen LogP contribution in [0.3, 0.4) is 0 Å². The molecule has 11 heteroatoms. The summed E-state index contributed by atoms with van der Waals surface area (Å²) in [5.41, 5.74) is 3.11. The molecule has 2 aliphatic rings. The molecule has 1 saturated heterocycles. The normalized spacial score (nSPS) is 17.4. The average Bonchev–Trinajstić information content (AvgIpc) is 3.61. The molecule has 1 aliphatic carbocycles. The largest absolute Gasteiger partial charge is 0.367 e. The Kier molecular flexibility index (Phi) is 6.67. The highest BCUT2D eigenvalue weighted by Crippen LogP contribution is 2.43. The molecule has 9 nitrogen and oxygen atoms in total. The molecule has 0 amide bonds. The molecule has 0 atom stereocenters. The number of hydrogen-bond acceptors (Lipinski definition) is 8. The van der Waals surface area contributed by atoms with Crippen molar-refractivity contribution in [3.05, 3.63) is 60.0 Å². The molecule has 2 aromatic carbocycles. The van der Waals surface area contributed by atoms with Gasteiger partial charge < -0.3 is 20.4 Å². The van der Waals surface area contributed by atoms with Gasteiger partial charge in [-0.1, -0.05) is 6.07 Å². The number of rotatable bonds is 8. The average molecular weight is 526 g/mol. The van der Waals surface area contributed by atoms with Crippen molar-refractivity contribution in [2.75, 3.05) is 53.5 Å². The predicted molar refractivity (Wildman–Crippen MR) is 146 cm³/mol. The van der Waals surface area contributed by atoms with Crippen LogP contribution in [0.15, 0.2) is 48.7 Å². The number of aromatic nitrogens is 2. The Hall–Kier alpha value is -3.44. The number of aryl methyl sites for hydroxylation is 1. The lowest BCUT2D eigenvalue weighted by molar-refractivity contribution is 0.311. The molecule has 1 aliphatic heterocycles. The number of benzene rings is 2. The van der Waals surface area contributed by atoms with Gasteiger partial charge in [0, 0.05) is 49.3 Å². The second-order valence-corrected chi connectivity index (χ2v) is 12.3. The van der Waals surface area contributed by atoms with Crippen molar-refractivity contribution in [3.63, 3.8) is 0 Å². The lowest BCUT2D eigenvalue weighted by atomic mass is 10.2. The summed E-state index contributed by atoms with van der Waals surface area (Å²) in [4.78, 5) is 13.2. The molecule has 3 N–H and O–H groups in total. The van der Waals surface area contributed by atoms with Crippen LogP contribution in [0.4, 0.5) is 38.9 Å². The van der Waals surface area contributed by atoms with E-state index in [1.165, 1.54) is 6.07 Å². The van der Waals surface area contributed by atoms with Crippen molar-refractivity contribution in [3.8, 4) is 0 Å². The number of piperazine rings is 1. The van der Waals surface area contributed by atoms with Gasteiger partial charge in [-0.3, -0.25) is 4.72 Å². The van der Waals surface area contributed by atoms with Gasteiger partial charge in [0.25, 0.3) is 0 Å². The Morgan fingerprint density at radius 1 is 0.973 bits per heavy atom. The van der Waals surface area contributed by atoms with E-state index in [0.717, 1.165) is 31.7 Å². The minimum atomic E-state index is -3.44. The van der Waals surface area contributed by atoms with Crippen molar-refractivity contribution < 1.29 is 12.8 Å². The van der Waals surface area contributed by atoms with Crippen molar-refractivity contribution in [2.45, 2.75) is 31.4 Å². The second kappa shape index (κ2) is 9.79. The number of sulfonamides is 1. The van der Waals surface area contributed by atoms with E-state index in [4.69, 9.17) is 0 Å². The molecule has 37 heavy (non-hydrogen) atoms. The zero-order chi connectivity index (χ0) is 26.2. The molecule has 2 fully saturated rings. The fourth-order valence-electron chi connectivity index (χ4n) is 4.17. The molecule has 0 bridgehead atoms. The van der Waals surface area contributed by atoms with Gasteiger partial charge >= 0.3 is 0 Å². The van der Waals surface area contributed by atoms with E-state index in [-0.39, 0.29) is 5.82 Å². The smallest absolute Gasteiger partial charge is 0.238 e. The molecular weight excluding hydrogens is 493 g/mol. The first-order valence-electron chi connectivity index (χ1n) is 12.4. The van der Waals surface area contributed by atoms with Gasteiger partial charge in [0.15, 0.2) is 0 Å². The highest BCUT2D eigenvalue weighted by atomic mass is 32.2. The molecule has 1 saturated carbocycles. The minimum Gasteiger partial charge on any atom is -0.367 e. The van der Waals surface area contributed by atoms with Crippen molar-refractivity contribution in [1.29, 1.82) is 0 Å². The number of halogens is 1. The summed E-state index contributed by atoms with van der Waals surface area (Å²) in [6, 6.07) is 12.1. The summed E-state index contributed by atoms with van der Waals surface area (Å²) in [6.45, 7) is 7.01. The zero-order valence-electron chi connectivity index (χ0n) is 21.3. The fourth-order valence-corrected chi connectivity index (χ4v) is 5.49. The lowest BCUT2D eigenvalue weighted by Gasteiger charge is -2.34. The van der Waals surface area contributed by atoms with Crippen LogP contribution in [0.5, 0.6) is 0 Å². The van der Waals surface area contributed by atoms with Crippen LogP contribution in [-0.4, -0.2) is 61.3 Å². The molecule has 5 rings (SSSR count). The quantitative estimate of drug-likeness (QED) is 0.396. The first kappa shape index (κ1) is 25.2. The molecule has 0 unspecified atom stereocenters. The van der Waals surface area contributed by atoms with E-state index in [0.29, 0.717) is 47.4 Å². The maximum absolute atomic E-state index is 14.9. The van der Waals surface area contributed by atoms with Gasteiger partial charge in [0.2, 0.25) is 16.0 Å². The first-order chi connectivity index (χ1) is 17.6. The zero-order valence-corrected chi connectivity index (χ0v) is 22.1. The number of nitrogens with one attached hydrogen (secondary N) is 3. The van der Waals surface area contributed by atoms with Crippen LogP contribution in [0.1, 0.15) is 25.3 Å². The molecule has 196 valence electrons. The Morgan fingerprint density at radius 3 is 2.38 bits per heavy atom. The van der Waals surface area contributed by atoms with E-state index in [9.17, 15) is 12.8 Å². The third-order valence-corrected chi connectivity index (χ3v) is 9.21. The Labute approximate surface area is 217 Å². The predicted octanol–water partition coefficient (Wildman–Crippen LogP) is 4.46. The van der Waals surface area contributed by atoms with Gasteiger partial charge in [-0.2, -0.15) is 4.98 Å². The SMILES string of the molecule is Cc1cnc(Nc2ccc(N3CCN(C)CC3)c(F)c2)nc1Nc1cccc(NS(=O)(=O)C2(C)CC2)c1. The lowest BCUT2D eigenvalue weighted by Crippen LogP contribution is -2.44. The molecule has 0 radical (unpaired) electrons. The number of hydrogen-bond donors (Lipinski definition) is 3. The van der Waals surface area contributed by atoms with E-state index in [1.807, 2.05) is 19.1 Å². The molecule has 2 heterocycles. The molecule has 0 spiro atoms. The van der Waals surface area contributed by atoms with Crippen LogP contribution in [-0.2, 0) is 10.0 Å². The summed E-state index contributed by atoms with van der Waals surface area (Å²) in [5, 5.41) is 6.32. The highest BCUT2D eigenvalue weighted by Gasteiger charge is 2.50. The standard InChI is InChI=1S/C26H32FN7O2S/c1-18-17-28-25(30-20-7-8-23(22(27)16-20)34-13-11-33(3)12-14-34)31-24(18)29-19-5-4-6-21(15-19)32-37(35,36)26(2)9-10-26/h4-8,15-17,32H,9-14H2,1-3H3,(H2,28,29,30,31). The maximum Gasteiger partial charge on any atom is 0.238 e. The number of nitrogens with zero attached hydrogens (tertiary/aromatic N) is 4. The van der Waals surface area contributed by atoms with Crippen molar-refractivity contribution in [1.82, 2.24) is 14.9 Å². The van der Waals surface area contributed by atoms with Crippen LogP contribution in [0, 0.1) is 12.7 Å². The van der Waals surface area contributed by atoms with E-state index in [2.05, 4.69) is 42.2 Å². The third kappa shape index (κ3) is 5.62. The third-order valence-electron chi connectivity index (χ3n) is 7.00. The minimum absolute atomic E-state index is 0.292. The molecule has 1 aromatic heterocycles. The fraction of sp³-hybridized carbons (Fsp3) is 0.385. The Balaban J connectivity index is 1.29. The van der Waals surface area contributed by atoms with Crippen LogP contribution in [0.25, 0.3) is 0 Å². The van der Waals surface area contributed by atoms with E-state index < -0.39 is 14.8 Å². The summed E-state index contributed by atoms with van der Waals surface area (Å²) in [7, 11) is -1.38. The summed E-state index contributed by atoms with van der Waals surface area (Å²) in [5.74, 6) is 0.582. The first-order valence-corrected chi connectivity index (χ1v) is 13.8. The summed E-state index contributed by atoms with van der Waals surface area (Å²) >= 11 is 0. The van der Waals surface area contributed by atoms with Gasteiger partial charge in [0.1, 0.15) is 11.6 Å². The monoisotopic (exact) mass is 525 g/mol. The topological polar surface area (TPSA) is 102 Å². The Morgan fingerprint density at radius 2 is 1.68 bits per heavy atom. The Bertz CT molecular complexity index is 1400.